The number of sulfone groups is 1. The Morgan fingerprint density at radius 2 is 1.66 bits per heavy atom. The molecule has 0 spiro atoms. The summed E-state index contributed by atoms with van der Waals surface area (Å²) in [5.74, 6) is -1.24. The Hall–Kier alpha value is -1.71. The minimum absolute atomic E-state index is 0.00562. The number of aliphatic carboxylic acids is 1. The SMILES string of the molecule is CC(=O)O[C@H](C)Cc1cccc([C@@](C)(CCCC(C)(C)CS(=O)(=O)CCO[Si](C)(C)C(C)(C)C)C(=O)O)c1. The lowest BCUT2D eigenvalue weighted by Gasteiger charge is -2.36. The largest absolute Gasteiger partial charge is 0.481 e. The zero-order valence-electron chi connectivity index (χ0n) is 25.1. The van der Waals surface area contributed by atoms with E-state index in [1.807, 2.05) is 38.1 Å². The van der Waals surface area contributed by atoms with Crippen LogP contribution >= 0.6 is 0 Å². The summed E-state index contributed by atoms with van der Waals surface area (Å²) < 4.78 is 37.0. The van der Waals surface area contributed by atoms with Crippen molar-refractivity contribution in [3.05, 3.63) is 35.4 Å². The summed E-state index contributed by atoms with van der Waals surface area (Å²) in [5.41, 5.74) is -0.0239. The number of hydrogen-bond donors (Lipinski definition) is 1. The van der Waals surface area contributed by atoms with Crippen LogP contribution < -0.4 is 0 Å². The molecule has 9 heteroatoms. The Balaban J connectivity index is 2.82. The lowest BCUT2D eigenvalue weighted by molar-refractivity contribution is -0.145. The smallest absolute Gasteiger partial charge is 0.313 e. The van der Waals surface area contributed by atoms with Crippen LogP contribution in [0, 0.1) is 5.41 Å². The third-order valence-electron chi connectivity index (χ3n) is 7.73. The summed E-state index contributed by atoms with van der Waals surface area (Å²) in [6.45, 7) is 19.5. The van der Waals surface area contributed by atoms with Crippen molar-refractivity contribution < 1.29 is 32.3 Å². The molecule has 218 valence electrons. The van der Waals surface area contributed by atoms with Crippen LogP contribution in [0.15, 0.2) is 24.3 Å². The van der Waals surface area contributed by atoms with Gasteiger partial charge in [0, 0.05) is 20.0 Å². The van der Waals surface area contributed by atoms with E-state index in [0.29, 0.717) is 31.2 Å². The predicted octanol–water partition coefficient (Wildman–Crippen LogP) is 6.16. The zero-order chi connectivity index (χ0) is 29.6. The average molecular weight is 571 g/mol. The van der Waals surface area contributed by atoms with Crippen molar-refractivity contribution in [3.63, 3.8) is 0 Å². The van der Waals surface area contributed by atoms with Crippen molar-refractivity contribution in [2.75, 3.05) is 18.1 Å². The normalized spacial score (nSPS) is 15.5. The lowest BCUT2D eigenvalue weighted by atomic mass is 9.76. The standard InChI is InChI=1S/C29H50O7SSi/c1-22(36-23(2)30)19-24-13-11-14-25(20-24)29(8,26(31)32)16-12-15-28(6,7)21-37(33,34)18-17-35-38(9,10)27(3,4)5/h11,13-14,20,22H,12,15-19,21H2,1-10H3,(H,31,32)/t22-,29-/m1/s1. The molecule has 1 N–H and O–H groups in total. The Morgan fingerprint density at radius 1 is 1.05 bits per heavy atom. The number of hydrogen-bond acceptors (Lipinski definition) is 6. The maximum absolute atomic E-state index is 12.9. The molecule has 0 radical (unpaired) electrons. The second kappa shape index (κ2) is 13.1. The summed E-state index contributed by atoms with van der Waals surface area (Å²) in [6, 6.07) is 7.40. The van der Waals surface area contributed by atoms with E-state index in [2.05, 4.69) is 33.9 Å². The van der Waals surface area contributed by atoms with Gasteiger partial charge in [-0.15, -0.1) is 0 Å². The molecule has 38 heavy (non-hydrogen) atoms. The molecule has 0 bridgehead atoms. The molecule has 0 saturated carbocycles. The Bertz CT molecular complexity index is 1060. The van der Waals surface area contributed by atoms with Crippen molar-refractivity contribution in [2.24, 2.45) is 5.41 Å². The second-order valence-corrected chi connectivity index (χ2v) is 20.2. The first-order valence-electron chi connectivity index (χ1n) is 13.4. The van der Waals surface area contributed by atoms with Crippen molar-refractivity contribution in [1.82, 2.24) is 0 Å². The highest BCUT2D eigenvalue weighted by atomic mass is 32.2. The van der Waals surface area contributed by atoms with Crippen LogP contribution in [0.2, 0.25) is 18.1 Å². The molecular weight excluding hydrogens is 520 g/mol. The summed E-state index contributed by atoms with van der Waals surface area (Å²) >= 11 is 0. The molecule has 0 heterocycles. The highest BCUT2D eigenvalue weighted by molar-refractivity contribution is 7.91. The number of carbonyl (C=O) groups is 2. The monoisotopic (exact) mass is 570 g/mol. The molecule has 0 aliphatic rings. The highest BCUT2D eigenvalue weighted by Gasteiger charge is 2.38. The molecule has 0 aromatic heterocycles. The number of carboxylic acids is 1. The van der Waals surface area contributed by atoms with Gasteiger partial charge in [-0.2, -0.15) is 0 Å². The number of esters is 1. The van der Waals surface area contributed by atoms with Gasteiger partial charge in [-0.25, -0.2) is 8.42 Å². The van der Waals surface area contributed by atoms with Crippen molar-refractivity contribution in [3.8, 4) is 0 Å². The first-order chi connectivity index (χ1) is 17.1. The van der Waals surface area contributed by atoms with E-state index in [-0.39, 0.29) is 35.2 Å². The van der Waals surface area contributed by atoms with E-state index >= 15 is 0 Å². The van der Waals surface area contributed by atoms with E-state index in [1.165, 1.54) is 6.92 Å². The zero-order valence-corrected chi connectivity index (χ0v) is 27.0. The first kappa shape index (κ1) is 34.3. The Morgan fingerprint density at radius 3 is 2.18 bits per heavy atom. The summed E-state index contributed by atoms with van der Waals surface area (Å²) in [4.78, 5) is 23.6. The average Bonchev–Trinajstić information content (AvgIpc) is 2.70. The van der Waals surface area contributed by atoms with Crippen molar-refractivity contribution in [2.45, 2.75) is 111 Å². The highest BCUT2D eigenvalue weighted by Crippen LogP contribution is 2.37. The second-order valence-electron chi connectivity index (χ2n) is 13.2. The number of carbonyl (C=O) groups excluding carboxylic acids is 1. The van der Waals surface area contributed by atoms with Gasteiger partial charge in [-0.05, 0) is 61.4 Å². The summed E-state index contributed by atoms with van der Waals surface area (Å²) in [5, 5.41) is 10.2. The fourth-order valence-corrected chi connectivity index (χ4v) is 7.38. The van der Waals surface area contributed by atoms with Crippen LogP contribution in [0.25, 0.3) is 0 Å². The number of benzene rings is 1. The van der Waals surface area contributed by atoms with Crippen LogP contribution in [-0.4, -0.2) is 58.0 Å². The molecular formula is C29H50O7SSi. The van der Waals surface area contributed by atoms with E-state index in [9.17, 15) is 23.1 Å². The van der Waals surface area contributed by atoms with Gasteiger partial charge in [0.1, 0.15) is 6.10 Å². The fraction of sp³-hybridized carbons (Fsp3) is 0.724. The topological polar surface area (TPSA) is 107 Å². The summed E-state index contributed by atoms with van der Waals surface area (Å²) in [6.07, 6.45) is 1.71. The van der Waals surface area contributed by atoms with Crippen LogP contribution in [0.3, 0.4) is 0 Å². The van der Waals surface area contributed by atoms with E-state index in [1.54, 1.807) is 13.8 Å². The third-order valence-corrected chi connectivity index (χ3v) is 14.3. The number of ether oxygens (including phenoxy) is 1. The molecule has 0 saturated heterocycles. The number of rotatable bonds is 15. The van der Waals surface area contributed by atoms with Gasteiger partial charge in [-0.1, -0.05) is 65.3 Å². The molecule has 0 fully saturated rings. The Labute approximate surface area is 231 Å². The van der Waals surface area contributed by atoms with Crippen LogP contribution in [-0.2, 0) is 40.4 Å². The number of carboxylic acid groups (broad SMARTS) is 1. The van der Waals surface area contributed by atoms with E-state index in [0.717, 1.165) is 5.56 Å². The van der Waals surface area contributed by atoms with Crippen molar-refractivity contribution in [1.29, 1.82) is 0 Å². The minimum Gasteiger partial charge on any atom is -0.481 e. The van der Waals surface area contributed by atoms with E-state index < -0.39 is 35.0 Å². The van der Waals surface area contributed by atoms with Gasteiger partial charge in [-0.3, -0.25) is 9.59 Å². The van der Waals surface area contributed by atoms with Crippen LogP contribution in [0.1, 0.15) is 85.8 Å². The molecule has 1 rings (SSSR count). The quantitative estimate of drug-likeness (QED) is 0.199. The van der Waals surface area contributed by atoms with Gasteiger partial charge < -0.3 is 14.3 Å². The van der Waals surface area contributed by atoms with Gasteiger partial charge in [0.15, 0.2) is 18.2 Å². The summed E-state index contributed by atoms with van der Waals surface area (Å²) in [7, 11) is -5.33. The minimum atomic E-state index is -3.32. The van der Waals surface area contributed by atoms with Gasteiger partial charge in [0.25, 0.3) is 0 Å². The van der Waals surface area contributed by atoms with Crippen molar-refractivity contribution >= 4 is 30.1 Å². The fourth-order valence-electron chi connectivity index (χ4n) is 4.37. The molecule has 7 nitrogen and oxygen atoms in total. The third kappa shape index (κ3) is 10.8. The van der Waals surface area contributed by atoms with Crippen LogP contribution in [0.4, 0.5) is 0 Å². The predicted molar refractivity (Wildman–Crippen MR) is 156 cm³/mol. The molecule has 2 atom stereocenters. The van der Waals surface area contributed by atoms with Gasteiger partial charge in [0.2, 0.25) is 0 Å². The van der Waals surface area contributed by atoms with Crippen LogP contribution in [0.5, 0.6) is 0 Å². The molecule has 1 aromatic rings. The maximum Gasteiger partial charge on any atom is 0.313 e. The Kier molecular flexibility index (Phi) is 11.8. The maximum atomic E-state index is 12.9. The lowest BCUT2D eigenvalue weighted by Crippen LogP contribution is -2.42. The van der Waals surface area contributed by atoms with Gasteiger partial charge >= 0.3 is 11.9 Å². The molecule has 1 aromatic carbocycles. The van der Waals surface area contributed by atoms with E-state index in [4.69, 9.17) is 9.16 Å². The molecule has 0 aliphatic heterocycles. The first-order valence-corrected chi connectivity index (χ1v) is 18.2. The molecule has 0 unspecified atom stereocenters. The molecule has 0 aliphatic carbocycles. The molecule has 0 amide bonds. The van der Waals surface area contributed by atoms with Gasteiger partial charge in [0.05, 0.1) is 16.9 Å².